The zero-order valence-electron chi connectivity index (χ0n) is 19.2. The van der Waals surface area contributed by atoms with E-state index in [0.29, 0.717) is 11.1 Å². The van der Waals surface area contributed by atoms with Crippen molar-refractivity contribution in [2.45, 2.75) is 37.4 Å². The monoisotopic (exact) mass is 444 g/mol. The number of carbonyl (C=O) groups is 1. The van der Waals surface area contributed by atoms with Crippen molar-refractivity contribution in [3.8, 4) is 0 Å². The molecule has 1 aliphatic heterocycles. The first-order valence-electron chi connectivity index (χ1n) is 11.7. The summed E-state index contributed by atoms with van der Waals surface area (Å²) in [6.45, 7) is 2.81. The predicted molar refractivity (Wildman–Crippen MR) is 126 cm³/mol. The van der Waals surface area contributed by atoms with Crippen LogP contribution in [-0.2, 0) is 21.6 Å². The van der Waals surface area contributed by atoms with E-state index in [4.69, 9.17) is 4.74 Å². The number of pyridine rings is 1. The standard InChI is InChI=1S/C28H32N2O3/c1-30(20-8-10-23-16-18-29-19-17-23)21-9-15-26(22-30)33-27(31)28(32,24-11-4-2-5-12-24)25-13-6-3-7-14-25/h2-7,11-14,16-19,26H,8-10,15,20-22H2,1H3/t26?,30-/m1/s1. The summed E-state index contributed by atoms with van der Waals surface area (Å²) in [4.78, 5) is 17.5. The molecule has 1 aliphatic rings. The number of benzene rings is 2. The Bertz CT molecular complexity index is 987. The maximum atomic E-state index is 14.1. The highest BCUT2D eigenvalue weighted by atomic mass is 16.6. The largest absolute Gasteiger partial charge is 0.834 e. The lowest BCUT2D eigenvalue weighted by Gasteiger charge is -2.44. The number of carbonyl (C=O) groups excluding carboxylic acids is 1. The van der Waals surface area contributed by atoms with Crippen molar-refractivity contribution in [3.05, 3.63) is 102 Å². The van der Waals surface area contributed by atoms with Crippen molar-refractivity contribution < 1.29 is 19.1 Å². The molecule has 0 bridgehead atoms. The fraction of sp³-hybridized carbons (Fsp3) is 0.357. The number of hydrogen-bond donors (Lipinski definition) is 0. The number of esters is 1. The Morgan fingerprint density at radius 3 is 2.24 bits per heavy atom. The molecule has 0 radical (unpaired) electrons. The molecule has 0 spiro atoms. The van der Waals surface area contributed by atoms with Gasteiger partial charge in [-0.3, -0.25) is 9.78 Å². The van der Waals surface area contributed by atoms with Gasteiger partial charge in [-0.05, 0) is 41.7 Å². The minimum absolute atomic E-state index is 0.252. The van der Waals surface area contributed by atoms with Crippen LogP contribution in [0.3, 0.4) is 0 Å². The first-order valence-corrected chi connectivity index (χ1v) is 11.7. The molecule has 33 heavy (non-hydrogen) atoms. The van der Waals surface area contributed by atoms with Gasteiger partial charge in [0.15, 0.2) is 6.10 Å². The van der Waals surface area contributed by atoms with Crippen molar-refractivity contribution >= 4 is 5.97 Å². The summed E-state index contributed by atoms with van der Waals surface area (Å²) in [5.74, 6) is -0.713. The highest BCUT2D eigenvalue weighted by molar-refractivity contribution is 5.85. The normalized spacial score (nSPS) is 20.8. The van der Waals surface area contributed by atoms with Crippen molar-refractivity contribution in [2.75, 3.05) is 26.7 Å². The second kappa shape index (κ2) is 10.3. The molecule has 2 atom stereocenters. The average molecular weight is 445 g/mol. The Labute approximate surface area is 196 Å². The number of hydrogen-bond acceptors (Lipinski definition) is 4. The second-order valence-electron chi connectivity index (χ2n) is 9.29. The van der Waals surface area contributed by atoms with Crippen LogP contribution in [0, 0.1) is 0 Å². The summed E-state index contributed by atoms with van der Waals surface area (Å²) < 4.78 is 6.80. The summed E-state index contributed by atoms with van der Waals surface area (Å²) in [5, 5.41) is 14.1. The predicted octanol–water partition coefficient (Wildman–Crippen LogP) is 3.47. The number of quaternary nitrogens is 1. The molecule has 1 saturated heterocycles. The maximum Gasteiger partial charge on any atom is 0.304 e. The van der Waals surface area contributed by atoms with Crippen LogP contribution in [0.1, 0.15) is 36.0 Å². The highest BCUT2D eigenvalue weighted by Gasteiger charge is 2.37. The van der Waals surface area contributed by atoms with Crippen LogP contribution < -0.4 is 5.11 Å². The van der Waals surface area contributed by atoms with Gasteiger partial charge < -0.3 is 14.3 Å². The van der Waals surface area contributed by atoms with E-state index in [1.807, 2.05) is 24.5 Å². The van der Waals surface area contributed by atoms with Crippen LogP contribution in [0.2, 0.25) is 0 Å². The topological polar surface area (TPSA) is 62.2 Å². The SMILES string of the molecule is C[N@@+]1(CCCc2ccncc2)CCCC(OC(=O)C([O-])(c2ccccc2)c2ccccc2)C1. The second-order valence-corrected chi connectivity index (χ2v) is 9.29. The number of rotatable bonds is 8. The van der Waals surface area contributed by atoms with Gasteiger partial charge in [-0.25, -0.2) is 0 Å². The highest BCUT2D eigenvalue weighted by Crippen LogP contribution is 2.30. The van der Waals surface area contributed by atoms with E-state index in [2.05, 4.69) is 24.2 Å². The summed E-state index contributed by atoms with van der Waals surface area (Å²) in [7, 11) is 2.23. The van der Waals surface area contributed by atoms with Gasteiger partial charge in [-0.2, -0.15) is 0 Å². The fourth-order valence-corrected chi connectivity index (χ4v) is 4.87. The van der Waals surface area contributed by atoms with Crippen LogP contribution in [0.5, 0.6) is 0 Å². The Morgan fingerprint density at radius 1 is 1.03 bits per heavy atom. The van der Waals surface area contributed by atoms with Crippen LogP contribution in [0.4, 0.5) is 0 Å². The molecule has 1 fully saturated rings. The maximum absolute atomic E-state index is 14.1. The molecule has 2 aromatic carbocycles. The molecule has 3 aromatic rings. The number of likely N-dealkylation sites (N-methyl/N-ethyl adjacent to an activating group) is 1. The van der Waals surface area contributed by atoms with Crippen molar-refractivity contribution in [3.63, 3.8) is 0 Å². The number of aromatic nitrogens is 1. The molecule has 0 N–H and O–H groups in total. The summed E-state index contributed by atoms with van der Waals surface area (Å²) in [6.07, 6.45) is 7.24. The first-order chi connectivity index (χ1) is 16.0. The number of ether oxygens (including phenoxy) is 1. The van der Waals surface area contributed by atoms with Gasteiger partial charge in [0, 0.05) is 30.8 Å². The lowest BCUT2D eigenvalue weighted by molar-refractivity contribution is -0.917. The van der Waals surface area contributed by atoms with E-state index in [1.165, 1.54) is 5.56 Å². The van der Waals surface area contributed by atoms with Gasteiger partial charge in [0.2, 0.25) is 0 Å². The van der Waals surface area contributed by atoms with E-state index in [-0.39, 0.29) is 6.10 Å². The average Bonchev–Trinajstić information content (AvgIpc) is 2.85. The van der Waals surface area contributed by atoms with E-state index in [9.17, 15) is 9.90 Å². The van der Waals surface area contributed by atoms with Crippen LogP contribution >= 0.6 is 0 Å². The van der Waals surface area contributed by atoms with Crippen LogP contribution in [0.15, 0.2) is 85.2 Å². The molecule has 0 amide bonds. The van der Waals surface area contributed by atoms with Gasteiger partial charge in [0.1, 0.15) is 6.54 Å². The van der Waals surface area contributed by atoms with Crippen molar-refractivity contribution in [2.24, 2.45) is 0 Å². The molecule has 0 aliphatic carbocycles. The first kappa shape index (κ1) is 23.1. The molecular formula is C28H32N2O3. The van der Waals surface area contributed by atoms with Crippen LogP contribution in [-0.4, -0.2) is 48.2 Å². The van der Waals surface area contributed by atoms with E-state index >= 15 is 0 Å². The molecule has 5 heteroatoms. The lowest BCUT2D eigenvalue weighted by Crippen LogP contribution is -2.57. The van der Waals surface area contributed by atoms with Crippen molar-refractivity contribution in [1.29, 1.82) is 0 Å². The molecule has 1 aromatic heterocycles. The Balaban J connectivity index is 1.44. The zero-order valence-corrected chi connectivity index (χ0v) is 19.2. The van der Waals surface area contributed by atoms with E-state index in [0.717, 1.165) is 49.8 Å². The fourth-order valence-electron chi connectivity index (χ4n) is 4.87. The summed E-state index contributed by atoms with van der Waals surface area (Å²) >= 11 is 0. The van der Waals surface area contributed by atoms with Gasteiger partial charge in [-0.1, -0.05) is 60.7 Å². The van der Waals surface area contributed by atoms with Crippen molar-refractivity contribution in [1.82, 2.24) is 4.98 Å². The quantitative estimate of drug-likeness (QED) is 0.394. The Hall–Kier alpha value is -3.02. The molecule has 5 nitrogen and oxygen atoms in total. The third-order valence-electron chi connectivity index (χ3n) is 6.70. The number of piperidine rings is 1. The molecule has 1 unspecified atom stereocenters. The third-order valence-corrected chi connectivity index (χ3v) is 6.70. The number of likely N-dealkylation sites (tertiary alicyclic amines) is 1. The smallest absolute Gasteiger partial charge is 0.304 e. The van der Waals surface area contributed by atoms with E-state index in [1.54, 1.807) is 48.5 Å². The van der Waals surface area contributed by atoms with Gasteiger partial charge in [0.05, 0.1) is 20.1 Å². The molecule has 2 heterocycles. The molecule has 172 valence electrons. The van der Waals surface area contributed by atoms with Gasteiger partial charge >= 0.3 is 5.97 Å². The number of aryl methyl sites for hydroxylation is 1. The summed E-state index contributed by atoms with van der Waals surface area (Å²) in [5.41, 5.74) is 0.0294. The van der Waals surface area contributed by atoms with Gasteiger partial charge in [-0.15, -0.1) is 0 Å². The van der Waals surface area contributed by atoms with Crippen LogP contribution in [0.25, 0.3) is 0 Å². The van der Waals surface area contributed by atoms with E-state index < -0.39 is 11.6 Å². The lowest BCUT2D eigenvalue weighted by atomic mass is 9.86. The Morgan fingerprint density at radius 2 is 1.64 bits per heavy atom. The Kier molecular flexibility index (Phi) is 7.21. The summed E-state index contributed by atoms with van der Waals surface area (Å²) in [6, 6.07) is 21.8. The molecular weight excluding hydrogens is 412 g/mol. The minimum Gasteiger partial charge on any atom is -0.834 e. The third kappa shape index (κ3) is 5.49. The van der Waals surface area contributed by atoms with Gasteiger partial charge in [0.25, 0.3) is 0 Å². The zero-order chi connectivity index (χ0) is 23.2. The molecule has 4 rings (SSSR count). The molecule has 0 saturated carbocycles. The number of nitrogens with zero attached hydrogens (tertiary/aromatic N) is 2. The minimum atomic E-state index is -2.08.